The molecule has 1 atom stereocenters. The summed E-state index contributed by atoms with van der Waals surface area (Å²) in [6.45, 7) is 6.34. The number of carbonyl (C=O) groups excluding carboxylic acids is 1. The minimum atomic E-state index is 0.133. The number of ether oxygens (including phenoxy) is 1. The van der Waals surface area contributed by atoms with E-state index in [4.69, 9.17) is 9.84 Å². The van der Waals surface area contributed by atoms with E-state index in [2.05, 4.69) is 59.5 Å². The van der Waals surface area contributed by atoms with Gasteiger partial charge in [-0.2, -0.15) is 5.10 Å². The molecule has 0 radical (unpaired) electrons. The van der Waals surface area contributed by atoms with Crippen LogP contribution in [0.15, 0.2) is 48.5 Å². The number of nitrogens with zero attached hydrogens (tertiary/aromatic N) is 2. The third kappa shape index (κ3) is 4.32. The molecule has 1 unspecified atom stereocenters. The molecule has 1 aliphatic heterocycles. The molecule has 2 heterocycles. The first-order valence-corrected chi connectivity index (χ1v) is 10.3. The molecule has 1 amide bonds. The van der Waals surface area contributed by atoms with Crippen LogP contribution < -0.4 is 15.4 Å². The second-order valence-electron chi connectivity index (χ2n) is 7.84. The summed E-state index contributed by atoms with van der Waals surface area (Å²) < 4.78 is 7.29. The molecule has 0 spiro atoms. The van der Waals surface area contributed by atoms with Gasteiger partial charge in [0, 0.05) is 42.4 Å². The number of carbonyl (C=O) groups is 1. The Morgan fingerprint density at radius 1 is 1.20 bits per heavy atom. The third-order valence-electron chi connectivity index (χ3n) is 5.83. The number of benzene rings is 2. The van der Waals surface area contributed by atoms with Crippen molar-refractivity contribution < 1.29 is 9.53 Å². The zero-order chi connectivity index (χ0) is 21.1. The van der Waals surface area contributed by atoms with E-state index in [1.807, 2.05) is 18.2 Å². The fourth-order valence-electron chi connectivity index (χ4n) is 3.98. The number of rotatable bonds is 7. The van der Waals surface area contributed by atoms with Crippen LogP contribution >= 0.6 is 0 Å². The SMILES string of the molecule is COc1ccc(Cn2nc(C)c(CNc3cccc(C4CNC(=O)C4)c3)c2C)cc1. The number of amides is 1. The number of methoxy groups -OCH3 is 1. The van der Waals surface area contributed by atoms with Crippen LogP contribution in [-0.4, -0.2) is 29.3 Å². The molecule has 4 rings (SSSR count). The van der Waals surface area contributed by atoms with E-state index in [1.165, 1.54) is 16.7 Å². The second-order valence-corrected chi connectivity index (χ2v) is 7.84. The van der Waals surface area contributed by atoms with Crippen molar-refractivity contribution in [2.24, 2.45) is 0 Å². The van der Waals surface area contributed by atoms with Gasteiger partial charge in [-0.15, -0.1) is 0 Å². The Balaban J connectivity index is 1.44. The number of anilines is 1. The Hall–Kier alpha value is -3.28. The van der Waals surface area contributed by atoms with Crippen LogP contribution in [-0.2, 0) is 17.9 Å². The van der Waals surface area contributed by atoms with E-state index in [0.717, 1.165) is 35.9 Å². The van der Waals surface area contributed by atoms with Gasteiger partial charge in [-0.05, 0) is 49.2 Å². The molecule has 2 N–H and O–H groups in total. The number of aryl methyl sites for hydroxylation is 1. The van der Waals surface area contributed by atoms with Gasteiger partial charge >= 0.3 is 0 Å². The van der Waals surface area contributed by atoms with E-state index in [9.17, 15) is 4.79 Å². The molecule has 1 aromatic heterocycles. The largest absolute Gasteiger partial charge is 0.497 e. The maximum absolute atomic E-state index is 11.5. The molecular formula is C24H28N4O2. The van der Waals surface area contributed by atoms with Crippen molar-refractivity contribution in [2.45, 2.75) is 39.3 Å². The highest BCUT2D eigenvalue weighted by molar-refractivity contribution is 5.79. The number of hydrogen-bond donors (Lipinski definition) is 2. The molecule has 1 aliphatic rings. The van der Waals surface area contributed by atoms with Crippen molar-refractivity contribution in [2.75, 3.05) is 19.0 Å². The highest BCUT2D eigenvalue weighted by Crippen LogP contribution is 2.26. The lowest BCUT2D eigenvalue weighted by Crippen LogP contribution is -2.13. The molecule has 0 saturated carbocycles. The monoisotopic (exact) mass is 404 g/mol. The van der Waals surface area contributed by atoms with Gasteiger partial charge in [-0.1, -0.05) is 24.3 Å². The molecule has 0 bridgehead atoms. The van der Waals surface area contributed by atoms with Crippen molar-refractivity contribution >= 4 is 11.6 Å². The predicted octanol–water partition coefficient (Wildman–Crippen LogP) is 3.77. The van der Waals surface area contributed by atoms with Gasteiger partial charge in [0.15, 0.2) is 0 Å². The van der Waals surface area contributed by atoms with Crippen LogP contribution in [0.2, 0.25) is 0 Å². The molecule has 6 heteroatoms. The fraction of sp³-hybridized carbons (Fsp3) is 0.333. The molecule has 2 aromatic carbocycles. The summed E-state index contributed by atoms with van der Waals surface area (Å²) in [5, 5.41) is 11.2. The van der Waals surface area contributed by atoms with E-state index in [1.54, 1.807) is 7.11 Å². The normalized spacial score (nSPS) is 15.8. The first-order chi connectivity index (χ1) is 14.5. The van der Waals surface area contributed by atoms with Crippen LogP contribution in [0.25, 0.3) is 0 Å². The van der Waals surface area contributed by atoms with E-state index < -0.39 is 0 Å². The molecule has 3 aromatic rings. The van der Waals surface area contributed by atoms with Crippen LogP contribution in [0.4, 0.5) is 5.69 Å². The Labute approximate surface area is 177 Å². The zero-order valence-corrected chi connectivity index (χ0v) is 17.7. The average Bonchev–Trinajstić information content (AvgIpc) is 3.30. The van der Waals surface area contributed by atoms with Gasteiger partial charge in [0.05, 0.1) is 19.3 Å². The second kappa shape index (κ2) is 8.61. The van der Waals surface area contributed by atoms with Gasteiger partial charge in [0.1, 0.15) is 5.75 Å². The molecule has 156 valence electrons. The lowest BCUT2D eigenvalue weighted by Gasteiger charge is -2.12. The molecule has 6 nitrogen and oxygen atoms in total. The van der Waals surface area contributed by atoms with E-state index in [0.29, 0.717) is 13.0 Å². The van der Waals surface area contributed by atoms with E-state index in [-0.39, 0.29) is 11.8 Å². The average molecular weight is 405 g/mol. The lowest BCUT2D eigenvalue weighted by molar-refractivity contribution is -0.119. The minimum absolute atomic E-state index is 0.133. The summed E-state index contributed by atoms with van der Waals surface area (Å²) in [6, 6.07) is 16.5. The molecule has 0 aliphatic carbocycles. The Kier molecular flexibility index (Phi) is 5.74. The zero-order valence-electron chi connectivity index (χ0n) is 17.7. The van der Waals surface area contributed by atoms with Crippen molar-refractivity contribution in [1.29, 1.82) is 0 Å². The Bertz CT molecular complexity index is 1040. The molecule has 1 saturated heterocycles. The van der Waals surface area contributed by atoms with Crippen LogP contribution in [0.3, 0.4) is 0 Å². The topological polar surface area (TPSA) is 68.2 Å². The van der Waals surface area contributed by atoms with Crippen molar-refractivity contribution in [3.05, 3.63) is 76.6 Å². The minimum Gasteiger partial charge on any atom is -0.497 e. The number of aromatic nitrogens is 2. The van der Waals surface area contributed by atoms with Gasteiger partial charge in [0.2, 0.25) is 5.91 Å². The standard InChI is InChI=1S/C24H28N4O2/c1-16-23(17(2)28(27-16)15-18-7-9-22(30-3)10-8-18)14-25-21-6-4-5-19(11-21)20-12-24(29)26-13-20/h4-11,20,25H,12-15H2,1-3H3,(H,26,29). The van der Waals surface area contributed by atoms with Crippen LogP contribution in [0.1, 0.15) is 40.4 Å². The maximum atomic E-state index is 11.5. The predicted molar refractivity (Wildman–Crippen MR) is 118 cm³/mol. The van der Waals surface area contributed by atoms with Crippen molar-refractivity contribution in [1.82, 2.24) is 15.1 Å². The maximum Gasteiger partial charge on any atom is 0.220 e. The van der Waals surface area contributed by atoms with Gasteiger partial charge in [-0.25, -0.2) is 0 Å². The lowest BCUT2D eigenvalue weighted by atomic mass is 9.98. The van der Waals surface area contributed by atoms with Gasteiger partial charge in [-0.3, -0.25) is 9.48 Å². The summed E-state index contributed by atoms with van der Waals surface area (Å²) in [7, 11) is 1.68. The molecule has 1 fully saturated rings. The van der Waals surface area contributed by atoms with Crippen molar-refractivity contribution in [3.63, 3.8) is 0 Å². The van der Waals surface area contributed by atoms with Gasteiger partial charge in [0.25, 0.3) is 0 Å². The van der Waals surface area contributed by atoms with Crippen LogP contribution in [0.5, 0.6) is 5.75 Å². The van der Waals surface area contributed by atoms with Gasteiger partial charge < -0.3 is 15.4 Å². The van der Waals surface area contributed by atoms with Crippen LogP contribution in [0, 0.1) is 13.8 Å². The Morgan fingerprint density at radius 2 is 2.00 bits per heavy atom. The molecular weight excluding hydrogens is 376 g/mol. The summed E-state index contributed by atoms with van der Waals surface area (Å²) >= 11 is 0. The first kappa shape index (κ1) is 20.0. The highest BCUT2D eigenvalue weighted by Gasteiger charge is 2.23. The number of nitrogens with one attached hydrogen (secondary N) is 2. The first-order valence-electron chi connectivity index (χ1n) is 10.3. The molecule has 30 heavy (non-hydrogen) atoms. The summed E-state index contributed by atoms with van der Waals surface area (Å²) in [4.78, 5) is 11.5. The smallest absolute Gasteiger partial charge is 0.220 e. The highest BCUT2D eigenvalue weighted by atomic mass is 16.5. The van der Waals surface area contributed by atoms with Crippen molar-refractivity contribution in [3.8, 4) is 5.75 Å². The summed E-state index contributed by atoms with van der Waals surface area (Å²) in [6.07, 6.45) is 0.569. The quantitative estimate of drug-likeness (QED) is 0.629. The fourth-order valence-corrected chi connectivity index (χ4v) is 3.98. The van der Waals surface area contributed by atoms with E-state index >= 15 is 0 Å². The Morgan fingerprint density at radius 3 is 2.70 bits per heavy atom. The summed E-state index contributed by atoms with van der Waals surface area (Å²) in [5.41, 5.74) is 6.86. The summed E-state index contributed by atoms with van der Waals surface area (Å²) in [5.74, 6) is 1.25. The third-order valence-corrected chi connectivity index (χ3v) is 5.83. The number of hydrogen-bond acceptors (Lipinski definition) is 4.